The maximum absolute atomic E-state index is 8.98. The number of anilines is 1. The van der Waals surface area contributed by atoms with Gasteiger partial charge >= 0.3 is 0 Å². The Labute approximate surface area is 89.1 Å². The molecule has 0 radical (unpaired) electrons. The summed E-state index contributed by atoms with van der Waals surface area (Å²) in [5.74, 6) is 1.34. The molecule has 1 aromatic heterocycles. The lowest BCUT2D eigenvalue weighted by molar-refractivity contribution is 0.302. The first-order chi connectivity index (χ1) is 7.22. The first-order valence-corrected chi connectivity index (χ1v) is 4.95. The molecule has 1 fully saturated rings. The normalized spacial score (nSPS) is 14.5. The number of ether oxygens (including phenoxy) is 1. The van der Waals surface area contributed by atoms with Crippen LogP contribution in [0.4, 0.5) is 5.82 Å². The number of rotatable bonds is 3. The Morgan fingerprint density at radius 2 is 2.27 bits per heavy atom. The van der Waals surface area contributed by atoms with Gasteiger partial charge in [0.25, 0.3) is 0 Å². The van der Waals surface area contributed by atoms with E-state index in [1.807, 2.05) is 19.0 Å². The molecule has 1 aliphatic rings. The van der Waals surface area contributed by atoms with Gasteiger partial charge in [-0.2, -0.15) is 5.26 Å². The average molecular weight is 203 g/mol. The number of aromatic nitrogens is 1. The van der Waals surface area contributed by atoms with Crippen molar-refractivity contribution in [2.45, 2.75) is 18.9 Å². The van der Waals surface area contributed by atoms with Gasteiger partial charge < -0.3 is 9.64 Å². The van der Waals surface area contributed by atoms with Gasteiger partial charge in [-0.15, -0.1) is 0 Å². The third-order valence-corrected chi connectivity index (χ3v) is 2.24. The lowest BCUT2D eigenvalue weighted by atomic mass is 10.2. The fourth-order valence-electron chi connectivity index (χ4n) is 1.31. The van der Waals surface area contributed by atoms with Crippen molar-refractivity contribution in [3.63, 3.8) is 0 Å². The second-order valence-electron chi connectivity index (χ2n) is 3.83. The van der Waals surface area contributed by atoms with Crippen LogP contribution in [0.25, 0.3) is 0 Å². The van der Waals surface area contributed by atoms with Crippen molar-refractivity contribution in [2.24, 2.45) is 0 Å². The quantitative estimate of drug-likeness (QED) is 0.748. The molecule has 0 atom stereocenters. The Hall–Kier alpha value is -1.76. The van der Waals surface area contributed by atoms with E-state index in [4.69, 9.17) is 10.00 Å². The van der Waals surface area contributed by atoms with Crippen LogP contribution in [0, 0.1) is 11.3 Å². The minimum atomic E-state index is 0.278. The summed E-state index contributed by atoms with van der Waals surface area (Å²) in [6.07, 6.45) is 4.06. The maximum Gasteiger partial charge on any atom is 0.179 e. The highest BCUT2D eigenvalue weighted by Gasteiger charge is 2.26. The molecule has 1 heterocycles. The fraction of sp³-hybridized carbons (Fsp3) is 0.455. The summed E-state index contributed by atoms with van der Waals surface area (Å²) in [5.41, 5.74) is 0.556. The highest BCUT2D eigenvalue weighted by Crippen LogP contribution is 2.34. The molecule has 4 nitrogen and oxygen atoms in total. The Morgan fingerprint density at radius 3 is 2.80 bits per heavy atom. The van der Waals surface area contributed by atoms with Crippen molar-refractivity contribution in [3.05, 3.63) is 17.8 Å². The maximum atomic E-state index is 8.98. The first-order valence-electron chi connectivity index (χ1n) is 4.95. The van der Waals surface area contributed by atoms with E-state index < -0.39 is 0 Å². The van der Waals surface area contributed by atoms with Crippen LogP contribution < -0.4 is 9.64 Å². The van der Waals surface area contributed by atoms with Crippen molar-refractivity contribution >= 4 is 5.82 Å². The van der Waals surface area contributed by atoms with E-state index in [-0.39, 0.29) is 6.10 Å². The predicted molar refractivity (Wildman–Crippen MR) is 56.9 cm³/mol. The number of nitriles is 1. The molecule has 1 saturated carbocycles. The van der Waals surface area contributed by atoms with Crippen LogP contribution in [0.2, 0.25) is 0 Å². The Kier molecular flexibility index (Phi) is 2.46. The van der Waals surface area contributed by atoms with Crippen LogP contribution in [-0.2, 0) is 0 Å². The summed E-state index contributed by atoms with van der Waals surface area (Å²) in [5, 5.41) is 8.98. The molecule has 1 aromatic rings. The van der Waals surface area contributed by atoms with Gasteiger partial charge in [0.15, 0.2) is 11.6 Å². The standard InChI is InChI=1S/C11H13N3O/c1-14(2)11-10(15-9-3-4-9)8(7-12)5-6-13-11/h5-6,9H,3-4H2,1-2H3. The van der Waals surface area contributed by atoms with Crippen molar-refractivity contribution in [2.75, 3.05) is 19.0 Å². The third-order valence-electron chi connectivity index (χ3n) is 2.24. The van der Waals surface area contributed by atoms with Crippen molar-refractivity contribution < 1.29 is 4.74 Å². The number of pyridine rings is 1. The van der Waals surface area contributed by atoms with Crippen LogP contribution in [0.5, 0.6) is 5.75 Å². The molecule has 2 rings (SSSR count). The molecule has 0 bridgehead atoms. The van der Waals surface area contributed by atoms with Crippen LogP contribution in [-0.4, -0.2) is 25.2 Å². The molecular weight excluding hydrogens is 190 g/mol. The first kappa shape index (κ1) is 9.78. The summed E-state index contributed by atoms with van der Waals surface area (Å²) in [6.45, 7) is 0. The van der Waals surface area contributed by atoms with Crippen molar-refractivity contribution in [1.82, 2.24) is 4.98 Å². The second kappa shape index (κ2) is 3.77. The van der Waals surface area contributed by atoms with Gasteiger partial charge in [-0.25, -0.2) is 4.98 Å². The minimum absolute atomic E-state index is 0.278. The Balaban J connectivity index is 2.39. The van der Waals surface area contributed by atoms with Gasteiger partial charge in [0.2, 0.25) is 0 Å². The van der Waals surface area contributed by atoms with E-state index in [2.05, 4.69) is 11.1 Å². The van der Waals surface area contributed by atoms with E-state index in [0.29, 0.717) is 11.3 Å². The topological polar surface area (TPSA) is 49.2 Å². The summed E-state index contributed by atoms with van der Waals surface area (Å²) in [4.78, 5) is 6.08. The van der Waals surface area contributed by atoms with E-state index in [0.717, 1.165) is 18.7 Å². The number of hydrogen-bond acceptors (Lipinski definition) is 4. The molecule has 0 saturated heterocycles. The Bertz CT molecular complexity index is 405. The van der Waals surface area contributed by atoms with Crippen LogP contribution >= 0.6 is 0 Å². The average Bonchev–Trinajstić information content (AvgIpc) is 3.01. The zero-order chi connectivity index (χ0) is 10.8. The summed E-state index contributed by atoms with van der Waals surface area (Å²) < 4.78 is 5.71. The lowest BCUT2D eigenvalue weighted by Gasteiger charge is -2.16. The molecule has 0 N–H and O–H groups in total. The SMILES string of the molecule is CN(C)c1nccc(C#N)c1OC1CC1. The molecule has 0 aromatic carbocycles. The van der Waals surface area contributed by atoms with Gasteiger partial charge in [0.05, 0.1) is 11.7 Å². The van der Waals surface area contributed by atoms with Gasteiger partial charge in [-0.3, -0.25) is 0 Å². The van der Waals surface area contributed by atoms with Crippen LogP contribution in [0.1, 0.15) is 18.4 Å². The smallest absolute Gasteiger partial charge is 0.179 e. The van der Waals surface area contributed by atoms with E-state index in [1.54, 1.807) is 12.3 Å². The number of hydrogen-bond donors (Lipinski definition) is 0. The van der Waals surface area contributed by atoms with Gasteiger partial charge in [-0.05, 0) is 18.9 Å². The molecule has 15 heavy (non-hydrogen) atoms. The van der Waals surface area contributed by atoms with Crippen LogP contribution in [0.15, 0.2) is 12.3 Å². The molecule has 0 aliphatic heterocycles. The molecule has 0 amide bonds. The van der Waals surface area contributed by atoms with Gasteiger partial charge in [0, 0.05) is 20.3 Å². The molecular formula is C11H13N3O. The second-order valence-corrected chi connectivity index (χ2v) is 3.83. The molecule has 0 unspecified atom stereocenters. The fourth-order valence-corrected chi connectivity index (χ4v) is 1.31. The van der Waals surface area contributed by atoms with Crippen molar-refractivity contribution in [1.29, 1.82) is 5.26 Å². The van der Waals surface area contributed by atoms with Gasteiger partial charge in [-0.1, -0.05) is 0 Å². The summed E-state index contributed by atoms with van der Waals surface area (Å²) in [6, 6.07) is 3.82. The lowest BCUT2D eigenvalue weighted by Crippen LogP contribution is -2.14. The zero-order valence-corrected chi connectivity index (χ0v) is 8.90. The minimum Gasteiger partial charge on any atom is -0.485 e. The summed E-state index contributed by atoms with van der Waals surface area (Å²) >= 11 is 0. The van der Waals surface area contributed by atoms with Gasteiger partial charge in [0.1, 0.15) is 6.07 Å². The molecule has 78 valence electrons. The molecule has 1 aliphatic carbocycles. The predicted octanol–water partition coefficient (Wildman–Crippen LogP) is 1.56. The van der Waals surface area contributed by atoms with E-state index in [9.17, 15) is 0 Å². The largest absolute Gasteiger partial charge is 0.485 e. The third kappa shape index (κ3) is 2.01. The highest BCUT2D eigenvalue weighted by atomic mass is 16.5. The summed E-state index contributed by atoms with van der Waals surface area (Å²) in [7, 11) is 3.78. The Morgan fingerprint density at radius 1 is 1.53 bits per heavy atom. The van der Waals surface area contributed by atoms with Crippen LogP contribution in [0.3, 0.4) is 0 Å². The highest BCUT2D eigenvalue weighted by molar-refractivity contribution is 5.59. The van der Waals surface area contributed by atoms with E-state index in [1.165, 1.54) is 0 Å². The van der Waals surface area contributed by atoms with E-state index >= 15 is 0 Å². The molecule has 4 heteroatoms. The number of nitrogens with zero attached hydrogens (tertiary/aromatic N) is 3. The molecule has 0 spiro atoms. The zero-order valence-electron chi connectivity index (χ0n) is 8.90. The van der Waals surface area contributed by atoms with Crippen molar-refractivity contribution in [3.8, 4) is 11.8 Å². The monoisotopic (exact) mass is 203 g/mol.